The van der Waals surface area contributed by atoms with Crippen LogP contribution in [0.3, 0.4) is 0 Å². The molecule has 0 bridgehead atoms. The number of aliphatic imine (C=N–C) groups is 1. The van der Waals surface area contributed by atoms with E-state index < -0.39 is 17.3 Å². The fourth-order valence-corrected chi connectivity index (χ4v) is 4.07. The molecule has 1 aromatic carbocycles. The molecule has 0 saturated carbocycles. The molecule has 1 aliphatic heterocycles. The van der Waals surface area contributed by atoms with Crippen LogP contribution in [0.25, 0.3) is 11.3 Å². The lowest BCUT2D eigenvalue weighted by atomic mass is 9.89. The minimum atomic E-state index is -0.772. The average molecular weight is 411 g/mol. The van der Waals surface area contributed by atoms with Crippen LogP contribution in [0, 0.1) is 5.82 Å². The number of carbonyl (C=O) groups excluding carboxylic acids is 1. The Bertz CT molecular complexity index is 1070. The number of aromatic nitrogens is 2. The second-order valence-corrected chi connectivity index (χ2v) is 7.89. The molecule has 4 rings (SSSR count). The highest BCUT2D eigenvalue weighted by atomic mass is 32.2. The molecule has 3 aromatic rings. The van der Waals surface area contributed by atoms with Gasteiger partial charge in [0.25, 0.3) is 5.91 Å². The minimum absolute atomic E-state index is 0.144. The summed E-state index contributed by atoms with van der Waals surface area (Å²) >= 11 is 1.45. The summed E-state index contributed by atoms with van der Waals surface area (Å²) in [4.78, 5) is 25.4. The first-order chi connectivity index (χ1) is 13.9. The number of anilines is 1. The van der Waals surface area contributed by atoms with Crippen molar-refractivity contribution in [1.82, 2.24) is 9.97 Å². The van der Waals surface area contributed by atoms with Crippen molar-refractivity contribution in [2.24, 2.45) is 10.7 Å². The first-order valence-corrected chi connectivity index (χ1v) is 9.87. The SMILES string of the molecule is C[C@@]1(c2cc(NC(=O)c3cnc(-c4ccoc4)cn3)ccc2F)CCSC(N)=N1. The number of hydrogen-bond acceptors (Lipinski definition) is 7. The van der Waals surface area contributed by atoms with Crippen molar-refractivity contribution in [3.05, 3.63) is 66.3 Å². The van der Waals surface area contributed by atoms with E-state index >= 15 is 0 Å². The summed E-state index contributed by atoms with van der Waals surface area (Å²) in [6, 6.07) is 6.16. The summed E-state index contributed by atoms with van der Waals surface area (Å²) < 4.78 is 19.5. The van der Waals surface area contributed by atoms with E-state index in [1.165, 1.54) is 42.6 Å². The number of benzene rings is 1. The van der Waals surface area contributed by atoms with Gasteiger partial charge in [0.1, 0.15) is 11.5 Å². The zero-order chi connectivity index (χ0) is 20.4. The second kappa shape index (κ2) is 7.67. The fourth-order valence-electron chi connectivity index (χ4n) is 3.10. The van der Waals surface area contributed by atoms with Gasteiger partial charge in [-0.2, -0.15) is 0 Å². The molecule has 0 spiro atoms. The maximum absolute atomic E-state index is 14.5. The maximum Gasteiger partial charge on any atom is 0.275 e. The Balaban J connectivity index is 1.55. The summed E-state index contributed by atoms with van der Waals surface area (Å²) in [5.41, 5.74) is 7.41. The molecule has 1 atom stereocenters. The van der Waals surface area contributed by atoms with Crippen LogP contribution in [0.15, 0.2) is 58.6 Å². The van der Waals surface area contributed by atoms with Gasteiger partial charge in [0.05, 0.1) is 36.2 Å². The predicted octanol–water partition coefficient (Wildman–Crippen LogP) is 3.79. The Morgan fingerprint density at radius 1 is 1.31 bits per heavy atom. The Morgan fingerprint density at radius 2 is 2.17 bits per heavy atom. The van der Waals surface area contributed by atoms with Gasteiger partial charge in [0.2, 0.25) is 0 Å². The first kappa shape index (κ1) is 19.1. The predicted molar refractivity (Wildman–Crippen MR) is 110 cm³/mol. The van der Waals surface area contributed by atoms with E-state index in [0.29, 0.717) is 28.5 Å². The molecular formula is C20H18FN5O2S. The quantitative estimate of drug-likeness (QED) is 0.676. The van der Waals surface area contributed by atoms with Crippen molar-refractivity contribution in [3.63, 3.8) is 0 Å². The topological polar surface area (TPSA) is 106 Å². The van der Waals surface area contributed by atoms with Gasteiger partial charge in [-0.05, 0) is 37.6 Å². The average Bonchev–Trinajstić information content (AvgIpc) is 3.24. The highest BCUT2D eigenvalue weighted by Gasteiger charge is 2.32. The van der Waals surface area contributed by atoms with Crippen molar-refractivity contribution in [3.8, 4) is 11.3 Å². The first-order valence-electron chi connectivity index (χ1n) is 8.89. The molecule has 0 fully saturated rings. The lowest BCUT2D eigenvalue weighted by Gasteiger charge is -2.30. The van der Waals surface area contributed by atoms with E-state index in [2.05, 4.69) is 20.3 Å². The van der Waals surface area contributed by atoms with Crippen LogP contribution >= 0.6 is 11.8 Å². The molecule has 9 heteroatoms. The number of nitrogens with zero attached hydrogens (tertiary/aromatic N) is 3. The summed E-state index contributed by atoms with van der Waals surface area (Å²) in [6.45, 7) is 1.84. The van der Waals surface area contributed by atoms with Gasteiger partial charge in [-0.3, -0.25) is 14.8 Å². The van der Waals surface area contributed by atoms with Crippen molar-refractivity contribution in [1.29, 1.82) is 0 Å². The van der Waals surface area contributed by atoms with Crippen LogP contribution < -0.4 is 11.1 Å². The van der Waals surface area contributed by atoms with Gasteiger partial charge < -0.3 is 15.5 Å². The van der Waals surface area contributed by atoms with Crippen LogP contribution in [-0.2, 0) is 5.54 Å². The molecular weight excluding hydrogens is 393 g/mol. The number of nitrogens with one attached hydrogen (secondary N) is 1. The van der Waals surface area contributed by atoms with E-state index in [1.807, 2.05) is 6.92 Å². The zero-order valence-electron chi connectivity index (χ0n) is 15.6. The largest absolute Gasteiger partial charge is 0.472 e. The van der Waals surface area contributed by atoms with Crippen LogP contribution in [0.5, 0.6) is 0 Å². The summed E-state index contributed by atoms with van der Waals surface area (Å²) in [5, 5.41) is 3.17. The van der Waals surface area contributed by atoms with Gasteiger partial charge in [0, 0.05) is 22.6 Å². The van der Waals surface area contributed by atoms with Crippen molar-refractivity contribution >= 4 is 28.5 Å². The number of amidine groups is 1. The minimum Gasteiger partial charge on any atom is -0.472 e. The van der Waals surface area contributed by atoms with Crippen LogP contribution in [0.2, 0.25) is 0 Å². The van der Waals surface area contributed by atoms with E-state index in [9.17, 15) is 9.18 Å². The Kier molecular flexibility index (Phi) is 5.06. The normalized spacial score (nSPS) is 18.9. The number of furan rings is 1. The van der Waals surface area contributed by atoms with Gasteiger partial charge in [-0.15, -0.1) is 0 Å². The van der Waals surface area contributed by atoms with E-state index in [4.69, 9.17) is 10.2 Å². The molecule has 3 heterocycles. The van der Waals surface area contributed by atoms with E-state index in [-0.39, 0.29) is 5.69 Å². The number of carbonyl (C=O) groups is 1. The zero-order valence-corrected chi connectivity index (χ0v) is 16.4. The van der Waals surface area contributed by atoms with Crippen molar-refractivity contribution in [2.75, 3.05) is 11.1 Å². The number of rotatable bonds is 4. The van der Waals surface area contributed by atoms with Gasteiger partial charge >= 0.3 is 0 Å². The van der Waals surface area contributed by atoms with Crippen LogP contribution in [0.4, 0.5) is 10.1 Å². The number of amides is 1. The Hall–Kier alpha value is -3.20. The standard InChI is InChI=1S/C20H18FN5O2S/c1-20(5-7-29-19(22)26-20)14-8-13(2-3-15(14)21)25-18(27)17-10-23-16(9-24-17)12-4-6-28-11-12/h2-4,6,8-11H,5,7H2,1H3,(H2,22,26)(H,25,27)/t20-/m0/s1. The molecule has 0 radical (unpaired) electrons. The Morgan fingerprint density at radius 3 is 2.86 bits per heavy atom. The van der Waals surface area contributed by atoms with Crippen LogP contribution in [0.1, 0.15) is 29.4 Å². The third-order valence-corrected chi connectivity index (χ3v) is 5.50. The van der Waals surface area contributed by atoms with Gasteiger partial charge in [0.15, 0.2) is 5.17 Å². The molecule has 7 nitrogen and oxygen atoms in total. The van der Waals surface area contributed by atoms with Gasteiger partial charge in [-0.25, -0.2) is 9.37 Å². The monoisotopic (exact) mass is 411 g/mol. The lowest BCUT2D eigenvalue weighted by molar-refractivity contribution is 0.102. The van der Waals surface area contributed by atoms with E-state index in [1.54, 1.807) is 18.4 Å². The van der Waals surface area contributed by atoms with Gasteiger partial charge in [-0.1, -0.05) is 11.8 Å². The second-order valence-electron chi connectivity index (χ2n) is 6.77. The number of thioether (sulfide) groups is 1. The molecule has 0 unspecified atom stereocenters. The number of halogens is 1. The number of nitrogens with two attached hydrogens (primary N) is 1. The molecule has 1 aliphatic rings. The Labute approximate surface area is 170 Å². The molecule has 0 aliphatic carbocycles. The highest BCUT2D eigenvalue weighted by Crippen LogP contribution is 2.37. The smallest absolute Gasteiger partial charge is 0.275 e. The molecule has 3 N–H and O–H groups in total. The molecule has 0 saturated heterocycles. The van der Waals surface area contributed by atoms with Crippen LogP contribution in [-0.4, -0.2) is 26.8 Å². The number of hydrogen-bond donors (Lipinski definition) is 2. The fraction of sp³-hybridized carbons (Fsp3) is 0.200. The molecule has 1 amide bonds. The lowest BCUT2D eigenvalue weighted by Crippen LogP contribution is -2.29. The summed E-state index contributed by atoms with van der Waals surface area (Å²) in [7, 11) is 0. The summed E-state index contributed by atoms with van der Waals surface area (Å²) in [6.07, 6.45) is 6.60. The third kappa shape index (κ3) is 4.00. The molecule has 148 valence electrons. The maximum atomic E-state index is 14.5. The highest BCUT2D eigenvalue weighted by molar-refractivity contribution is 8.13. The molecule has 2 aromatic heterocycles. The van der Waals surface area contributed by atoms with Crippen molar-refractivity contribution in [2.45, 2.75) is 18.9 Å². The van der Waals surface area contributed by atoms with Crippen molar-refractivity contribution < 1.29 is 13.6 Å². The van der Waals surface area contributed by atoms with E-state index in [0.717, 1.165) is 11.3 Å². The third-order valence-electron chi connectivity index (χ3n) is 4.70. The summed E-state index contributed by atoms with van der Waals surface area (Å²) in [5.74, 6) is -0.0835. The molecule has 29 heavy (non-hydrogen) atoms.